The SMILES string of the molecule is Cn1ccc(Cn2ccnc2-c2cccc(I)c2)n1. The van der Waals surface area contributed by atoms with Gasteiger partial charge in [0.2, 0.25) is 0 Å². The quantitative estimate of drug-likeness (QED) is 0.670. The summed E-state index contributed by atoms with van der Waals surface area (Å²) in [5.74, 6) is 0.976. The van der Waals surface area contributed by atoms with Crippen LogP contribution >= 0.6 is 22.6 Å². The molecule has 2 aromatic heterocycles. The Balaban J connectivity index is 1.94. The van der Waals surface area contributed by atoms with Crippen molar-refractivity contribution in [3.8, 4) is 11.4 Å². The molecule has 0 aliphatic carbocycles. The highest BCUT2D eigenvalue weighted by Gasteiger charge is 2.07. The Kier molecular flexibility index (Phi) is 3.37. The normalized spacial score (nSPS) is 10.8. The number of aromatic nitrogens is 4. The maximum Gasteiger partial charge on any atom is 0.140 e. The van der Waals surface area contributed by atoms with Crippen molar-refractivity contribution in [3.63, 3.8) is 0 Å². The molecule has 0 aliphatic heterocycles. The van der Waals surface area contributed by atoms with Gasteiger partial charge in [-0.15, -0.1) is 0 Å². The maximum absolute atomic E-state index is 4.46. The first kappa shape index (κ1) is 12.4. The summed E-state index contributed by atoms with van der Waals surface area (Å²) >= 11 is 2.32. The summed E-state index contributed by atoms with van der Waals surface area (Å²) in [6.07, 6.45) is 5.78. The molecule has 3 rings (SSSR count). The molecule has 0 saturated heterocycles. The van der Waals surface area contributed by atoms with Crippen LogP contribution in [0.3, 0.4) is 0 Å². The van der Waals surface area contributed by atoms with Gasteiger partial charge in [0.05, 0.1) is 12.2 Å². The van der Waals surface area contributed by atoms with Crippen molar-refractivity contribution in [2.45, 2.75) is 6.54 Å². The van der Waals surface area contributed by atoms with Crippen molar-refractivity contribution in [2.75, 3.05) is 0 Å². The monoisotopic (exact) mass is 364 g/mol. The van der Waals surface area contributed by atoms with E-state index in [1.54, 1.807) is 0 Å². The average molecular weight is 364 g/mol. The molecular weight excluding hydrogens is 351 g/mol. The molecular formula is C14H13IN4. The minimum absolute atomic E-state index is 0.738. The van der Waals surface area contributed by atoms with E-state index >= 15 is 0 Å². The van der Waals surface area contributed by atoms with Crippen molar-refractivity contribution in [2.24, 2.45) is 7.05 Å². The van der Waals surface area contributed by atoms with Crippen LogP contribution in [0.15, 0.2) is 48.9 Å². The first-order valence-electron chi connectivity index (χ1n) is 5.98. The van der Waals surface area contributed by atoms with Crippen LogP contribution in [-0.2, 0) is 13.6 Å². The van der Waals surface area contributed by atoms with Crippen molar-refractivity contribution in [1.29, 1.82) is 0 Å². The molecule has 0 aliphatic rings. The average Bonchev–Trinajstić information content (AvgIpc) is 2.99. The van der Waals surface area contributed by atoms with E-state index in [-0.39, 0.29) is 0 Å². The smallest absolute Gasteiger partial charge is 0.140 e. The van der Waals surface area contributed by atoms with E-state index in [9.17, 15) is 0 Å². The van der Waals surface area contributed by atoms with Crippen LogP contribution in [0.1, 0.15) is 5.69 Å². The lowest BCUT2D eigenvalue weighted by Crippen LogP contribution is -2.02. The van der Waals surface area contributed by atoms with Gasteiger partial charge in [0.1, 0.15) is 5.82 Å². The topological polar surface area (TPSA) is 35.6 Å². The summed E-state index contributed by atoms with van der Waals surface area (Å²) in [5, 5.41) is 4.40. The van der Waals surface area contributed by atoms with E-state index in [0.717, 1.165) is 23.6 Å². The van der Waals surface area contributed by atoms with Gasteiger partial charge in [0.15, 0.2) is 0 Å². The van der Waals surface area contributed by atoms with Gasteiger partial charge in [0, 0.05) is 34.8 Å². The van der Waals surface area contributed by atoms with E-state index in [1.165, 1.54) is 3.57 Å². The molecule has 4 nitrogen and oxygen atoms in total. The fourth-order valence-corrected chi connectivity index (χ4v) is 2.59. The number of halogens is 1. The Labute approximate surface area is 125 Å². The molecule has 96 valence electrons. The van der Waals surface area contributed by atoms with Gasteiger partial charge in [-0.05, 0) is 40.8 Å². The molecule has 0 fully saturated rings. The first-order chi connectivity index (χ1) is 9.22. The van der Waals surface area contributed by atoms with Gasteiger partial charge in [-0.2, -0.15) is 5.10 Å². The third-order valence-corrected chi connectivity index (χ3v) is 3.57. The second-order valence-corrected chi connectivity index (χ2v) is 5.62. The van der Waals surface area contributed by atoms with Crippen LogP contribution in [-0.4, -0.2) is 19.3 Å². The molecule has 0 amide bonds. The van der Waals surface area contributed by atoms with E-state index < -0.39 is 0 Å². The Hall–Kier alpha value is -1.63. The summed E-state index contributed by atoms with van der Waals surface area (Å²) < 4.78 is 5.15. The molecule has 0 saturated carbocycles. The Morgan fingerprint density at radius 3 is 2.84 bits per heavy atom. The molecule has 3 aromatic rings. The predicted octanol–water partition coefficient (Wildman–Crippen LogP) is 2.94. The van der Waals surface area contributed by atoms with Crippen LogP contribution in [0.2, 0.25) is 0 Å². The molecule has 0 bridgehead atoms. The van der Waals surface area contributed by atoms with Crippen LogP contribution in [0.4, 0.5) is 0 Å². The van der Waals surface area contributed by atoms with Gasteiger partial charge < -0.3 is 4.57 Å². The van der Waals surface area contributed by atoms with Gasteiger partial charge in [-0.25, -0.2) is 4.98 Å². The largest absolute Gasteiger partial charge is 0.325 e. The standard InChI is InChI=1S/C14H13IN4/c1-18-7-5-13(17-18)10-19-8-6-16-14(19)11-3-2-4-12(15)9-11/h2-9H,10H2,1H3. The van der Waals surface area contributed by atoms with Crippen LogP contribution < -0.4 is 0 Å². The zero-order valence-electron chi connectivity index (χ0n) is 10.5. The molecule has 0 N–H and O–H groups in total. The number of rotatable bonds is 3. The third kappa shape index (κ3) is 2.70. The summed E-state index contributed by atoms with van der Waals surface area (Å²) in [6, 6.07) is 10.4. The van der Waals surface area contributed by atoms with Crippen molar-refractivity contribution in [1.82, 2.24) is 19.3 Å². The van der Waals surface area contributed by atoms with E-state index in [0.29, 0.717) is 0 Å². The highest BCUT2D eigenvalue weighted by atomic mass is 127. The van der Waals surface area contributed by atoms with Crippen molar-refractivity contribution >= 4 is 22.6 Å². The lowest BCUT2D eigenvalue weighted by atomic mass is 10.2. The minimum Gasteiger partial charge on any atom is -0.325 e. The van der Waals surface area contributed by atoms with E-state index in [1.807, 2.05) is 36.4 Å². The molecule has 5 heteroatoms. The predicted molar refractivity (Wildman–Crippen MR) is 82.7 cm³/mol. The number of benzene rings is 1. The zero-order chi connectivity index (χ0) is 13.2. The molecule has 0 radical (unpaired) electrons. The Morgan fingerprint density at radius 1 is 1.21 bits per heavy atom. The second-order valence-electron chi connectivity index (χ2n) is 4.37. The fourth-order valence-electron chi connectivity index (χ4n) is 2.05. The zero-order valence-corrected chi connectivity index (χ0v) is 12.7. The lowest BCUT2D eigenvalue weighted by molar-refractivity contribution is 0.709. The number of aryl methyl sites for hydroxylation is 1. The molecule has 1 aromatic carbocycles. The molecule has 0 unspecified atom stereocenters. The number of imidazole rings is 1. The number of nitrogens with zero attached hydrogens (tertiary/aromatic N) is 4. The fraction of sp³-hybridized carbons (Fsp3) is 0.143. The van der Waals surface area contributed by atoms with Gasteiger partial charge in [-0.3, -0.25) is 4.68 Å². The van der Waals surface area contributed by atoms with Crippen LogP contribution in [0, 0.1) is 3.57 Å². The van der Waals surface area contributed by atoms with Crippen LogP contribution in [0.5, 0.6) is 0 Å². The van der Waals surface area contributed by atoms with Gasteiger partial charge >= 0.3 is 0 Å². The van der Waals surface area contributed by atoms with Gasteiger partial charge in [0.25, 0.3) is 0 Å². The Morgan fingerprint density at radius 2 is 2.11 bits per heavy atom. The molecule has 19 heavy (non-hydrogen) atoms. The summed E-state index contributed by atoms with van der Waals surface area (Å²) in [5.41, 5.74) is 2.17. The van der Waals surface area contributed by atoms with Gasteiger partial charge in [-0.1, -0.05) is 12.1 Å². The highest BCUT2D eigenvalue weighted by molar-refractivity contribution is 14.1. The minimum atomic E-state index is 0.738. The third-order valence-electron chi connectivity index (χ3n) is 2.90. The molecule has 0 spiro atoms. The van der Waals surface area contributed by atoms with Crippen LogP contribution in [0.25, 0.3) is 11.4 Å². The number of hydrogen-bond acceptors (Lipinski definition) is 2. The molecule has 2 heterocycles. The summed E-state index contributed by atoms with van der Waals surface area (Å²) in [4.78, 5) is 4.46. The lowest BCUT2D eigenvalue weighted by Gasteiger charge is -2.06. The van der Waals surface area contributed by atoms with E-state index in [4.69, 9.17) is 0 Å². The summed E-state index contributed by atoms with van der Waals surface area (Å²) in [6.45, 7) is 0.738. The number of hydrogen-bond donors (Lipinski definition) is 0. The van der Waals surface area contributed by atoms with E-state index in [2.05, 4.69) is 61.5 Å². The first-order valence-corrected chi connectivity index (χ1v) is 7.06. The second kappa shape index (κ2) is 5.16. The van der Waals surface area contributed by atoms with Crippen molar-refractivity contribution < 1.29 is 0 Å². The Bertz CT molecular complexity index is 699. The molecule has 0 atom stereocenters. The summed E-state index contributed by atoms with van der Waals surface area (Å²) in [7, 11) is 1.93. The van der Waals surface area contributed by atoms with Crippen molar-refractivity contribution in [3.05, 3.63) is 58.2 Å². The highest BCUT2D eigenvalue weighted by Crippen LogP contribution is 2.20. The maximum atomic E-state index is 4.46.